The van der Waals surface area contributed by atoms with Crippen molar-refractivity contribution in [3.8, 4) is 0 Å². The molecule has 92 valence electrons. The van der Waals surface area contributed by atoms with Crippen LogP contribution in [0.15, 0.2) is 0 Å². The highest BCUT2D eigenvalue weighted by atomic mass is 16.5. The lowest BCUT2D eigenvalue weighted by molar-refractivity contribution is -0.150. The zero-order valence-electron chi connectivity index (χ0n) is 9.97. The number of amides is 1. The molecule has 1 heterocycles. The second-order valence-electron chi connectivity index (χ2n) is 4.29. The normalized spacial score (nSPS) is 26.4. The smallest absolute Gasteiger partial charge is 0.326 e. The number of carboxylic acids is 1. The fourth-order valence-electron chi connectivity index (χ4n) is 2.04. The number of rotatable bonds is 4. The molecule has 0 bridgehead atoms. The molecular weight excluding hydrogens is 210 g/mol. The van der Waals surface area contributed by atoms with E-state index in [0.717, 1.165) is 0 Å². The lowest BCUT2D eigenvalue weighted by Crippen LogP contribution is -2.44. The van der Waals surface area contributed by atoms with Gasteiger partial charge in [0.05, 0.1) is 18.6 Å². The van der Waals surface area contributed by atoms with Crippen LogP contribution < -0.4 is 0 Å². The highest BCUT2D eigenvalue weighted by Gasteiger charge is 2.34. The van der Waals surface area contributed by atoms with E-state index in [2.05, 4.69) is 0 Å². The molecule has 16 heavy (non-hydrogen) atoms. The molecule has 5 heteroatoms. The van der Waals surface area contributed by atoms with E-state index in [0.29, 0.717) is 19.4 Å². The molecule has 1 rings (SSSR count). The molecule has 0 spiro atoms. The van der Waals surface area contributed by atoms with Crippen molar-refractivity contribution in [3.63, 3.8) is 0 Å². The number of likely N-dealkylation sites (N-methyl/N-ethyl adjacent to an activating group) is 1. The van der Waals surface area contributed by atoms with Gasteiger partial charge in [0, 0.05) is 7.05 Å². The van der Waals surface area contributed by atoms with Gasteiger partial charge in [-0.1, -0.05) is 6.92 Å². The predicted octanol–water partition coefficient (Wildman–Crippen LogP) is 0.733. The van der Waals surface area contributed by atoms with Gasteiger partial charge >= 0.3 is 5.97 Å². The molecule has 1 fully saturated rings. The van der Waals surface area contributed by atoms with Crippen molar-refractivity contribution in [3.05, 3.63) is 0 Å². The van der Waals surface area contributed by atoms with E-state index in [9.17, 15) is 9.59 Å². The molecule has 0 aromatic heterocycles. The van der Waals surface area contributed by atoms with Gasteiger partial charge in [0.25, 0.3) is 0 Å². The summed E-state index contributed by atoms with van der Waals surface area (Å²) in [6, 6.07) is -0.733. The van der Waals surface area contributed by atoms with Crippen LogP contribution in [0.1, 0.15) is 26.7 Å². The van der Waals surface area contributed by atoms with Gasteiger partial charge in [-0.2, -0.15) is 0 Å². The first-order valence-corrected chi connectivity index (χ1v) is 5.58. The van der Waals surface area contributed by atoms with E-state index in [1.807, 2.05) is 6.92 Å². The Kier molecular flexibility index (Phi) is 4.29. The van der Waals surface area contributed by atoms with E-state index in [4.69, 9.17) is 9.84 Å². The number of hydrogen-bond acceptors (Lipinski definition) is 3. The number of aliphatic carboxylic acids is 1. The highest BCUT2D eigenvalue weighted by molar-refractivity contribution is 5.85. The van der Waals surface area contributed by atoms with Crippen LogP contribution in [0.3, 0.4) is 0 Å². The summed E-state index contributed by atoms with van der Waals surface area (Å²) in [5, 5.41) is 8.96. The van der Waals surface area contributed by atoms with Crippen LogP contribution in [0.4, 0.5) is 0 Å². The molecule has 1 amide bonds. The molecule has 1 aliphatic heterocycles. The van der Waals surface area contributed by atoms with E-state index in [1.165, 1.54) is 4.90 Å². The quantitative estimate of drug-likeness (QED) is 0.771. The minimum Gasteiger partial charge on any atom is -0.480 e. The molecule has 0 saturated carbocycles. The molecule has 0 aromatic rings. The standard InChI is InChI=1S/C11H19NO4/c1-4-9(11(14)15)12(3)10(13)8-5-7(2)16-6-8/h7-9H,4-6H2,1-3H3,(H,14,15). The number of carboxylic acid groups (broad SMARTS) is 1. The lowest BCUT2D eigenvalue weighted by Gasteiger charge is -2.26. The summed E-state index contributed by atoms with van der Waals surface area (Å²) in [6.45, 7) is 4.08. The Morgan fingerprint density at radius 2 is 2.19 bits per heavy atom. The van der Waals surface area contributed by atoms with Crippen LogP contribution in [-0.4, -0.2) is 47.7 Å². The fraction of sp³-hybridized carbons (Fsp3) is 0.818. The molecule has 0 radical (unpaired) electrons. The molecule has 1 aliphatic rings. The van der Waals surface area contributed by atoms with E-state index in [1.54, 1.807) is 14.0 Å². The summed E-state index contributed by atoms with van der Waals surface area (Å²) in [6.07, 6.45) is 1.19. The van der Waals surface area contributed by atoms with Crippen molar-refractivity contribution in [2.24, 2.45) is 5.92 Å². The Morgan fingerprint density at radius 3 is 2.56 bits per heavy atom. The Bertz CT molecular complexity index is 279. The number of ether oxygens (including phenoxy) is 1. The lowest BCUT2D eigenvalue weighted by atomic mass is 10.0. The number of carbonyl (C=O) groups excluding carboxylic acids is 1. The van der Waals surface area contributed by atoms with Crippen LogP contribution in [-0.2, 0) is 14.3 Å². The van der Waals surface area contributed by atoms with Crippen LogP contribution in [0.25, 0.3) is 0 Å². The maximum Gasteiger partial charge on any atom is 0.326 e. The fourth-order valence-corrected chi connectivity index (χ4v) is 2.04. The molecular formula is C11H19NO4. The Balaban J connectivity index is 2.62. The van der Waals surface area contributed by atoms with Crippen LogP contribution in [0.5, 0.6) is 0 Å². The van der Waals surface area contributed by atoms with E-state index in [-0.39, 0.29) is 17.9 Å². The van der Waals surface area contributed by atoms with Crippen molar-refractivity contribution in [1.29, 1.82) is 0 Å². The van der Waals surface area contributed by atoms with Crippen molar-refractivity contribution in [1.82, 2.24) is 4.90 Å². The monoisotopic (exact) mass is 229 g/mol. The second kappa shape index (κ2) is 5.30. The Morgan fingerprint density at radius 1 is 1.56 bits per heavy atom. The molecule has 1 N–H and O–H groups in total. The maximum absolute atomic E-state index is 12.0. The maximum atomic E-state index is 12.0. The van der Waals surface area contributed by atoms with Crippen molar-refractivity contribution in [2.45, 2.75) is 38.8 Å². The van der Waals surface area contributed by atoms with Gasteiger partial charge in [-0.05, 0) is 19.8 Å². The van der Waals surface area contributed by atoms with E-state index >= 15 is 0 Å². The molecule has 3 atom stereocenters. The van der Waals surface area contributed by atoms with Gasteiger partial charge in [-0.3, -0.25) is 4.79 Å². The second-order valence-corrected chi connectivity index (χ2v) is 4.29. The van der Waals surface area contributed by atoms with Gasteiger partial charge in [0.2, 0.25) is 5.91 Å². The summed E-state index contributed by atoms with van der Waals surface area (Å²) < 4.78 is 5.32. The van der Waals surface area contributed by atoms with Gasteiger partial charge in [0.1, 0.15) is 6.04 Å². The van der Waals surface area contributed by atoms with Gasteiger partial charge in [-0.25, -0.2) is 4.79 Å². The average molecular weight is 229 g/mol. The molecule has 0 aliphatic carbocycles. The summed E-state index contributed by atoms with van der Waals surface area (Å²) in [5.41, 5.74) is 0. The molecule has 1 saturated heterocycles. The molecule has 3 unspecified atom stereocenters. The minimum absolute atomic E-state index is 0.0901. The third kappa shape index (κ3) is 2.72. The van der Waals surface area contributed by atoms with Crippen molar-refractivity contribution < 1.29 is 19.4 Å². The summed E-state index contributed by atoms with van der Waals surface area (Å²) in [7, 11) is 1.55. The molecule has 5 nitrogen and oxygen atoms in total. The van der Waals surface area contributed by atoms with Crippen molar-refractivity contribution in [2.75, 3.05) is 13.7 Å². The minimum atomic E-state index is -0.953. The van der Waals surface area contributed by atoms with Crippen LogP contribution in [0, 0.1) is 5.92 Å². The third-order valence-electron chi connectivity index (χ3n) is 3.03. The van der Waals surface area contributed by atoms with Crippen molar-refractivity contribution >= 4 is 11.9 Å². The number of carbonyl (C=O) groups is 2. The summed E-state index contributed by atoms with van der Waals surface area (Å²) in [4.78, 5) is 24.2. The predicted molar refractivity (Wildman–Crippen MR) is 58.0 cm³/mol. The largest absolute Gasteiger partial charge is 0.480 e. The molecule has 0 aromatic carbocycles. The average Bonchev–Trinajstić information content (AvgIpc) is 2.64. The van der Waals surface area contributed by atoms with Crippen LogP contribution in [0.2, 0.25) is 0 Å². The first-order chi connectivity index (χ1) is 7.47. The summed E-state index contributed by atoms with van der Waals surface area (Å²) in [5.74, 6) is -1.27. The number of nitrogens with zero attached hydrogens (tertiary/aromatic N) is 1. The first-order valence-electron chi connectivity index (χ1n) is 5.58. The number of hydrogen-bond donors (Lipinski definition) is 1. The third-order valence-corrected chi connectivity index (χ3v) is 3.03. The van der Waals surface area contributed by atoms with E-state index < -0.39 is 12.0 Å². The van der Waals surface area contributed by atoms with Gasteiger partial charge < -0.3 is 14.7 Å². The Labute approximate surface area is 95.4 Å². The summed E-state index contributed by atoms with van der Waals surface area (Å²) >= 11 is 0. The SMILES string of the molecule is CCC(C(=O)O)N(C)C(=O)C1COC(C)C1. The first kappa shape index (κ1) is 13.0. The zero-order chi connectivity index (χ0) is 12.3. The zero-order valence-corrected chi connectivity index (χ0v) is 9.97. The topological polar surface area (TPSA) is 66.8 Å². The van der Waals surface area contributed by atoms with Gasteiger partial charge in [0.15, 0.2) is 0 Å². The van der Waals surface area contributed by atoms with Crippen LogP contribution >= 0.6 is 0 Å². The Hall–Kier alpha value is -1.10. The van der Waals surface area contributed by atoms with Gasteiger partial charge in [-0.15, -0.1) is 0 Å². The highest BCUT2D eigenvalue weighted by Crippen LogP contribution is 2.22.